The molecule has 0 saturated heterocycles. The lowest BCUT2D eigenvalue weighted by Gasteiger charge is -2.34. The third kappa shape index (κ3) is 5.39. The fraction of sp³-hybridized carbons (Fsp3) is 0.360. The number of amides is 1. The van der Waals surface area contributed by atoms with Crippen molar-refractivity contribution < 1.29 is 27.5 Å². The van der Waals surface area contributed by atoms with Crippen LogP contribution < -0.4 is 0 Å². The fourth-order valence-electron chi connectivity index (χ4n) is 3.74. The van der Waals surface area contributed by atoms with Crippen LogP contribution in [0.15, 0.2) is 65.9 Å². The average Bonchev–Trinajstić information content (AvgIpc) is 2.75. The van der Waals surface area contributed by atoms with Gasteiger partial charge in [0, 0.05) is 18.0 Å². The fourth-order valence-corrected chi connectivity index (χ4v) is 3.74. The van der Waals surface area contributed by atoms with Gasteiger partial charge in [0.1, 0.15) is 0 Å². The number of esters is 1. The number of halogens is 3. The van der Waals surface area contributed by atoms with E-state index in [1.807, 2.05) is 44.2 Å². The highest BCUT2D eigenvalue weighted by atomic mass is 19.4. The van der Waals surface area contributed by atoms with Crippen molar-refractivity contribution in [3.8, 4) is 0 Å². The number of hydrogen-bond acceptors (Lipinski definition) is 3. The number of alkyl halides is 3. The first-order chi connectivity index (χ1) is 15.1. The van der Waals surface area contributed by atoms with Crippen LogP contribution in [-0.4, -0.2) is 23.4 Å². The van der Waals surface area contributed by atoms with Crippen LogP contribution in [0.2, 0.25) is 0 Å². The lowest BCUT2D eigenvalue weighted by molar-refractivity contribution is -0.141. The summed E-state index contributed by atoms with van der Waals surface area (Å²) in [6.07, 6.45) is -4.49. The molecule has 1 atom stereocenters. The molecule has 0 unspecified atom stereocenters. The lowest BCUT2D eigenvalue weighted by Crippen LogP contribution is -2.38. The van der Waals surface area contributed by atoms with Gasteiger partial charge in [0.25, 0.3) is 0 Å². The second kappa shape index (κ2) is 9.59. The first-order valence-corrected chi connectivity index (χ1v) is 10.5. The van der Waals surface area contributed by atoms with Gasteiger partial charge in [0.15, 0.2) is 0 Å². The van der Waals surface area contributed by atoms with Crippen LogP contribution in [0, 0.1) is 5.92 Å². The first-order valence-electron chi connectivity index (χ1n) is 10.5. The zero-order valence-electron chi connectivity index (χ0n) is 18.3. The molecule has 0 fully saturated rings. The molecule has 0 aromatic heterocycles. The summed E-state index contributed by atoms with van der Waals surface area (Å²) in [7, 11) is 0. The highest BCUT2D eigenvalue weighted by molar-refractivity contribution is 5.95. The van der Waals surface area contributed by atoms with Gasteiger partial charge in [-0.05, 0) is 36.1 Å². The minimum Gasteiger partial charge on any atom is -0.462 e. The number of carbonyl (C=O) groups excluding carboxylic acids is 2. The third-order valence-electron chi connectivity index (χ3n) is 5.41. The van der Waals surface area contributed by atoms with Crippen LogP contribution in [0.1, 0.15) is 49.8 Å². The smallest absolute Gasteiger partial charge is 0.416 e. The minimum atomic E-state index is -4.46. The Kier molecular flexibility index (Phi) is 7.06. The van der Waals surface area contributed by atoms with Crippen molar-refractivity contribution in [3.05, 3.63) is 82.6 Å². The highest BCUT2D eigenvalue weighted by Crippen LogP contribution is 2.39. The molecule has 1 aliphatic heterocycles. The van der Waals surface area contributed by atoms with Gasteiger partial charge in [0.2, 0.25) is 5.91 Å². The minimum absolute atomic E-state index is 0.0261. The number of allylic oxidation sites excluding steroid dienone is 1. The van der Waals surface area contributed by atoms with Gasteiger partial charge in [-0.15, -0.1) is 0 Å². The van der Waals surface area contributed by atoms with E-state index in [9.17, 15) is 22.8 Å². The maximum atomic E-state index is 13.0. The number of carbonyl (C=O) groups is 2. The van der Waals surface area contributed by atoms with E-state index in [4.69, 9.17) is 4.74 Å². The number of rotatable bonds is 6. The van der Waals surface area contributed by atoms with Crippen molar-refractivity contribution in [2.75, 3.05) is 6.61 Å². The van der Waals surface area contributed by atoms with Crippen molar-refractivity contribution >= 4 is 11.9 Å². The summed E-state index contributed by atoms with van der Waals surface area (Å²) in [4.78, 5) is 27.6. The summed E-state index contributed by atoms with van der Waals surface area (Å²) in [6.45, 7) is 6.01. The number of ether oxygens (including phenoxy) is 1. The van der Waals surface area contributed by atoms with Crippen LogP contribution in [0.5, 0.6) is 0 Å². The molecule has 32 heavy (non-hydrogen) atoms. The lowest BCUT2D eigenvalue weighted by atomic mass is 9.83. The van der Waals surface area contributed by atoms with Crippen LogP contribution in [0.3, 0.4) is 0 Å². The van der Waals surface area contributed by atoms with E-state index in [-0.39, 0.29) is 24.9 Å². The molecule has 0 spiro atoms. The predicted octanol–water partition coefficient (Wildman–Crippen LogP) is 5.69. The second-order valence-electron chi connectivity index (χ2n) is 8.33. The van der Waals surface area contributed by atoms with E-state index in [2.05, 4.69) is 0 Å². The molecule has 2 aromatic rings. The van der Waals surface area contributed by atoms with Gasteiger partial charge >= 0.3 is 12.1 Å². The Morgan fingerprint density at radius 2 is 1.72 bits per heavy atom. The molecule has 1 amide bonds. The normalized spacial score (nSPS) is 17.2. The molecular formula is C25H26F3NO3. The Hall–Kier alpha value is -3.09. The molecule has 170 valence electrons. The monoisotopic (exact) mass is 445 g/mol. The van der Waals surface area contributed by atoms with E-state index in [0.717, 1.165) is 17.7 Å². The maximum Gasteiger partial charge on any atom is 0.416 e. The van der Waals surface area contributed by atoms with Gasteiger partial charge in [-0.1, -0.05) is 56.3 Å². The molecule has 1 aliphatic rings. The number of benzene rings is 2. The number of hydrogen-bond donors (Lipinski definition) is 0. The molecule has 0 radical (unpaired) electrons. The van der Waals surface area contributed by atoms with Crippen LogP contribution in [-0.2, 0) is 27.0 Å². The molecule has 2 aromatic carbocycles. The topological polar surface area (TPSA) is 46.6 Å². The van der Waals surface area contributed by atoms with E-state index < -0.39 is 23.6 Å². The van der Waals surface area contributed by atoms with Crippen LogP contribution in [0.25, 0.3) is 0 Å². The maximum absolute atomic E-state index is 13.0. The Labute approximate surface area is 185 Å². The summed E-state index contributed by atoms with van der Waals surface area (Å²) < 4.78 is 44.4. The van der Waals surface area contributed by atoms with Gasteiger partial charge in [-0.2, -0.15) is 13.2 Å². The second-order valence-corrected chi connectivity index (χ2v) is 8.33. The van der Waals surface area contributed by atoms with Crippen molar-refractivity contribution in [2.24, 2.45) is 5.92 Å². The highest BCUT2D eigenvalue weighted by Gasteiger charge is 2.37. The van der Waals surface area contributed by atoms with E-state index in [1.165, 1.54) is 12.1 Å². The summed E-state index contributed by atoms with van der Waals surface area (Å²) in [6, 6.07) is 14.0. The van der Waals surface area contributed by atoms with Crippen LogP contribution >= 0.6 is 0 Å². The largest absolute Gasteiger partial charge is 0.462 e. The van der Waals surface area contributed by atoms with E-state index in [1.54, 1.807) is 11.8 Å². The molecule has 0 N–H and O–H groups in total. The summed E-state index contributed by atoms with van der Waals surface area (Å²) >= 11 is 0. The summed E-state index contributed by atoms with van der Waals surface area (Å²) in [5.41, 5.74) is 1.37. The quantitative estimate of drug-likeness (QED) is 0.537. The SMILES string of the molecule is CC1=C(C(=O)OCC(C)C)[C@H](c2ccc(C(F)(F)F)cc2)CC(=O)N1Cc1ccccc1. The predicted molar refractivity (Wildman–Crippen MR) is 114 cm³/mol. The Bertz CT molecular complexity index is 995. The van der Waals surface area contributed by atoms with Gasteiger partial charge in [-0.25, -0.2) is 4.79 Å². The van der Waals surface area contributed by atoms with Crippen molar-refractivity contribution in [2.45, 2.75) is 45.8 Å². The molecule has 0 aliphatic carbocycles. The van der Waals surface area contributed by atoms with Gasteiger partial charge in [0.05, 0.1) is 24.3 Å². The molecular weight excluding hydrogens is 419 g/mol. The zero-order chi connectivity index (χ0) is 23.5. The zero-order valence-corrected chi connectivity index (χ0v) is 18.3. The van der Waals surface area contributed by atoms with Gasteiger partial charge in [-0.3, -0.25) is 4.79 Å². The molecule has 3 rings (SSSR count). The Morgan fingerprint density at radius 3 is 2.28 bits per heavy atom. The van der Waals surface area contributed by atoms with Crippen molar-refractivity contribution in [1.29, 1.82) is 0 Å². The van der Waals surface area contributed by atoms with Crippen molar-refractivity contribution in [1.82, 2.24) is 4.90 Å². The summed E-state index contributed by atoms with van der Waals surface area (Å²) in [5, 5.41) is 0. The molecule has 0 saturated carbocycles. The van der Waals surface area contributed by atoms with E-state index >= 15 is 0 Å². The van der Waals surface area contributed by atoms with Crippen molar-refractivity contribution in [3.63, 3.8) is 0 Å². The average molecular weight is 445 g/mol. The molecule has 0 bridgehead atoms. The Balaban J connectivity index is 2.00. The molecule has 4 nitrogen and oxygen atoms in total. The first kappa shape index (κ1) is 23.6. The third-order valence-corrected chi connectivity index (χ3v) is 5.41. The molecule has 1 heterocycles. The van der Waals surface area contributed by atoms with E-state index in [0.29, 0.717) is 23.4 Å². The molecule has 7 heteroatoms. The standard InChI is InChI=1S/C25H26F3NO3/c1-16(2)15-32-24(31)23-17(3)29(14-18-7-5-4-6-8-18)22(30)13-21(23)19-9-11-20(12-10-19)25(26,27)28/h4-12,16,21H,13-15H2,1-3H3/t21-/m0/s1. The Morgan fingerprint density at radius 1 is 1.09 bits per heavy atom. The van der Waals surface area contributed by atoms with Crippen LogP contribution in [0.4, 0.5) is 13.2 Å². The summed E-state index contributed by atoms with van der Waals surface area (Å²) in [5.74, 6) is -1.30. The number of nitrogens with zero attached hydrogens (tertiary/aromatic N) is 1. The van der Waals surface area contributed by atoms with Gasteiger partial charge < -0.3 is 9.64 Å².